The van der Waals surface area contributed by atoms with Crippen molar-refractivity contribution in [1.82, 2.24) is 19.6 Å². The minimum absolute atomic E-state index is 0.0440. The van der Waals surface area contributed by atoms with Crippen LogP contribution in [0.25, 0.3) is 0 Å². The normalized spacial score (nSPS) is 29.5. The number of rotatable bonds is 6. The molecule has 34 heavy (non-hydrogen) atoms. The lowest BCUT2D eigenvalue weighted by molar-refractivity contribution is -0.128. The molecule has 0 radical (unpaired) electrons. The van der Waals surface area contributed by atoms with Gasteiger partial charge in [0.15, 0.2) is 0 Å². The molecule has 1 atom stereocenters. The van der Waals surface area contributed by atoms with E-state index in [2.05, 4.69) is 28.7 Å². The minimum Gasteiger partial charge on any atom is -0.394 e. The van der Waals surface area contributed by atoms with Gasteiger partial charge in [-0.2, -0.15) is 0 Å². The summed E-state index contributed by atoms with van der Waals surface area (Å²) in [6, 6.07) is 0.480. The number of likely N-dealkylation sites (tertiary alicyclic amines) is 2. The van der Waals surface area contributed by atoms with E-state index in [0.717, 1.165) is 88.5 Å². The molecule has 1 saturated carbocycles. The Balaban J connectivity index is 1.36. The van der Waals surface area contributed by atoms with Crippen LogP contribution in [0.4, 0.5) is 0 Å². The molecule has 0 bridgehead atoms. The number of nitrogens with zero attached hydrogens (tertiary/aromatic N) is 5. The van der Waals surface area contributed by atoms with Crippen LogP contribution in [-0.4, -0.2) is 110 Å². The number of hydrogen-bond acceptors (Lipinski definition) is 6. The van der Waals surface area contributed by atoms with E-state index in [1.165, 1.54) is 52.0 Å². The summed E-state index contributed by atoms with van der Waals surface area (Å²) in [6.07, 6.45) is 10.1. The Hall–Kier alpha value is -1.44. The molecule has 4 aliphatic rings. The summed E-state index contributed by atoms with van der Waals surface area (Å²) in [5, 5.41) is 0. The lowest BCUT2D eigenvalue weighted by Crippen LogP contribution is -2.52. The van der Waals surface area contributed by atoms with E-state index in [0.29, 0.717) is 11.7 Å². The van der Waals surface area contributed by atoms with Gasteiger partial charge in [0.1, 0.15) is 5.70 Å². The molecule has 4 rings (SSSR count). The quantitative estimate of drug-likeness (QED) is 0.602. The first-order valence-corrected chi connectivity index (χ1v) is 14.0. The Morgan fingerprint density at radius 3 is 2.35 bits per heavy atom. The monoisotopic (exact) mass is 472 g/mol. The molecule has 7 heteroatoms. The van der Waals surface area contributed by atoms with Gasteiger partial charge in [-0.05, 0) is 83.8 Å². The zero-order valence-corrected chi connectivity index (χ0v) is 21.8. The number of nitrogens with two attached hydrogens (primary N) is 1. The van der Waals surface area contributed by atoms with Crippen molar-refractivity contribution in [3.8, 4) is 0 Å². The van der Waals surface area contributed by atoms with Crippen LogP contribution in [0.1, 0.15) is 64.7 Å². The van der Waals surface area contributed by atoms with E-state index in [1.54, 1.807) is 0 Å². The Morgan fingerprint density at radius 1 is 0.971 bits per heavy atom. The van der Waals surface area contributed by atoms with Crippen molar-refractivity contribution in [3.05, 3.63) is 11.3 Å². The van der Waals surface area contributed by atoms with E-state index < -0.39 is 0 Å². The van der Waals surface area contributed by atoms with Gasteiger partial charge in [-0.3, -0.25) is 14.7 Å². The average Bonchev–Trinajstić information content (AvgIpc) is 2.89. The lowest BCUT2D eigenvalue weighted by Gasteiger charge is -2.43. The molecule has 0 spiro atoms. The fourth-order valence-electron chi connectivity index (χ4n) is 6.23. The average molecular weight is 473 g/mol. The highest BCUT2D eigenvalue weighted by Crippen LogP contribution is 2.29. The molecule has 1 unspecified atom stereocenters. The topological polar surface area (TPSA) is 68.4 Å². The van der Waals surface area contributed by atoms with Gasteiger partial charge >= 0.3 is 0 Å². The maximum absolute atomic E-state index is 13.2. The predicted molar refractivity (Wildman–Crippen MR) is 140 cm³/mol. The van der Waals surface area contributed by atoms with Crippen molar-refractivity contribution in [3.63, 3.8) is 0 Å². The highest BCUT2D eigenvalue weighted by Gasteiger charge is 2.33. The lowest BCUT2D eigenvalue weighted by atomic mass is 9.85. The minimum atomic E-state index is 0.0440. The smallest absolute Gasteiger partial charge is 0.270 e. The van der Waals surface area contributed by atoms with Crippen molar-refractivity contribution in [2.45, 2.75) is 70.8 Å². The van der Waals surface area contributed by atoms with E-state index >= 15 is 0 Å². The molecular formula is C27H48N6O. The third-order valence-corrected chi connectivity index (χ3v) is 8.51. The van der Waals surface area contributed by atoms with Gasteiger partial charge in [-0.25, -0.2) is 0 Å². The molecule has 4 fully saturated rings. The van der Waals surface area contributed by atoms with Crippen molar-refractivity contribution in [2.75, 3.05) is 72.5 Å². The molecule has 1 aliphatic carbocycles. The second-order valence-corrected chi connectivity index (χ2v) is 11.1. The number of amides is 1. The van der Waals surface area contributed by atoms with Gasteiger partial charge in [-0.1, -0.05) is 6.92 Å². The molecule has 7 nitrogen and oxygen atoms in total. The first kappa shape index (κ1) is 25.6. The van der Waals surface area contributed by atoms with E-state index in [9.17, 15) is 4.79 Å². The summed E-state index contributed by atoms with van der Waals surface area (Å²) in [4.78, 5) is 27.9. The maximum atomic E-state index is 13.2. The molecule has 0 aromatic rings. The first-order chi connectivity index (χ1) is 16.5. The fourth-order valence-corrected chi connectivity index (χ4v) is 6.23. The van der Waals surface area contributed by atoms with Gasteiger partial charge in [-0.15, -0.1) is 0 Å². The zero-order valence-electron chi connectivity index (χ0n) is 21.8. The number of carbonyl (C=O) groups is 1. The molecule has 0 aromatic heterocycles. The molecule has 1 amide bonds. The summed E-state index contributed by atoms with van der Waals surface area (Å²) in [6.45, 7) is 13.0. The van der Waals surface area contributed by atoms with Crippen LogP contribution in [-0.2, 0) is 4.79 Å². The number of carbonyl (C=O) groups excluding carboxylic acids is 1. The van der Waals surface area contributed by atoms with Gasteiger partial charge < -0.3 is 20.4 Å². The van der Waals surface area contributed by atoms with Crippen LogP contribution < -0.4 is 5.73 Å². The van der Waals surface area contributed by atoms with Gasteiger partial charge in [0, 0.05) is 69.7 Å². The van der Waals surface area contributed by atoms with Gasteiger partial charge in [0.2, 0.25) is 0 Å². The van der Waals surface area contributed by atoms with E-state index in [1.807, 2.05) is 4.90 Å². The van der Waals surface area contributed by atoms with Gasteiger partial charge in [0.05, 0.1) is 0 Å². The Morgan fingerprint density at radius 2 is 1.68 bits per heavy atom. The Kier molecular flexibility index (Phi) is 9.43. The predicted octanol–water partition coefficient (Wildman–Crippen LogP) is 2.57. The summed E-state index contributed by atoms with van der Waals surface area (Å²) in [7, 11) is 2.24. The Labute approximate surface area is 207 Å². The summed E-state index contributed by atoms with van der Waals surface area (Å²) in [5.41, 5.74) is 9.21. The standard InChI is InChI=1S/C27H48N6O/c1-3-11-29-25-8-7-23(20-24(25)26(28)27(34)33-12-5-4-6-13-33)32-18-16-31(17-19-32)21-22-9-14-30(2)15-10-22/h22-23H,3-21,28H2,1-2H3/b26-24-,29-25?. The summed E-state index contributed by atoms with van der Waals surface area (Å²) in [5.74, 6) is 0.910. The van der Waals surface area contributed by atoms with Crippen molar-refractivity contribution < 1.29 is 4.79 Å². The molecule has 3 aliphatic heterocycles. The van der Waals surface area contributed by atoms with Crippen LogP contribution in [0.2, 0.25) is 0 Å². The van der Waals surface area contributed by atoms with Crippen LogP contribution in [0.3, 0.4) is 0 Å². The highest BCUT2D eigenvalue weighted by atomic mass is 16.2. The van der Waals surface area contributed by atoms with Crippen LogP contribution in [0.15, 0.2) is 16.3 Å². The number of piperazine rings is 1. The molecule has 3 heterocycles. The molecule has 2 N–H and O–H groups in total. The molecule has 0 aromatic carbocycles. The van der Waals surface area contributed by atoms with E-state index in [4.69, 9.17) is 10.7 Å². The highest BCUT2D eigenvalue weighted by molar-refractivity contribution is 6.08. The summed E-state index contributed by atoms with van der Waals surface area (Å²) < 4.78 is 0. The number of piperidine rings is 2. The third-order valence-electron chi connectivity index (χ3n) is 8.51. The van der Waals surface area contributed by atoms with Crippen LogP contribution in [0, 0.1) is 5.92 Å². The number of aliphatic imine (C=N–C) groups is 1. The molecule has 3 saturated heterocycles. The van der Waals surface area contributed by atoms with Crippen LogP contribution >= 0.6 is 0 Å². The Bertz CT molecular complexity index is 727. The van der Waals surface area contributed by atoms with Gasteiger partial charge in [0.25, 0.3) is 5.91 Å². The van der Waals surface area contributed by atoms with Crippen molar-refractivity contribution in [1.29, 1.82) is 0 Å². The largest absolute Gasteiger partial charge is 0.394 e. The third kappa shape index (κ3) is 6.61. The van der Waals surface area contributed by atoms with Crippen molar-refractivity contribution >= 4 is 11.6 Å². The fraction of sp³-hybridized carbons (Fsp3) is 0.852. The molecule has 192 valence electrons. The van der Waals surface area contributed by atoms with Crippen molar-refractivity contribution in [2.24, 2.45) is 16.6 Å². The second kappa shape index (κ2) is 12.5. The SMILES string of the molecule is CCCN=C1CCC(N2CCN(CC3CCN(C)CC3)CC2)C/C1=C(/N)C(=O)N1CCCCC1. The zero-order chi connectivity index (χ0) is 23.9. The van der Waals surface area contributed by atoms with Crippen LogP contribution in [0.5, 0.6) is 0 Å². The second-order valence-electron chi connectivity index (χ2n) is 11.1. The summed E-state index contributed by atoms with van der Waals surface area (Å²) >= 11 is 0. The maximum Gasteiger partial charge on any atom is 0.270 e. The van der Waals surface area contributed by atoms with E-state index in [-0.39, 0.29) is 5.91 Å². The number of hydrogen-bond donors (Lipinski definition) is 1. The first-order valence-electron chi connectivity index (χ1n) is 14.0. The molecular weight excluding hydrogens is 424 g/mol.